The lowest BCUT2D eigenvalue weighted by Gasteiger charge is -2.39. The molecular weight excluding hydrogens is 2440 g/mol. The van der Waals surface area contributed by atoms with Crippen molar-refractivity contribution < 1.29 is 212 Å². The summed E-state index contributed by atoms with van der Waals surface area (Å²) in [5.74, 6) is -6.70. The Kier molecular flexibility index (Phi) is 83.9. The zero-order valence-electron chi connectivity index (χ0n) is 57.1. The monoisotopic (exact) mass is 2520 g/mol. The van der Waals surface area contributed by atoms with Crippen molar-refractivity contribution in [3.05, 3.63) is 86.6 Å². The first-order chi connectivity index (χ1) is 47.5. The molecule has 54 heteroatoms. The highest BCUT2D eigenvalue weighted by Crippen LogP contribution is 2.58. The van der Waals surface area contributed by atoms with Gasteiger partial charge in [-0.3, -0.25) is 0 Å². The van der Waals surface area contributed by atoms with E-state index in [-0.39, 0.29) is 46.0 Å². The zero-order chi connectivity index (χ0) is 92.7. The second kappa shape index (κ2) is 64.9. The highest BCUT2D eigenvalue weighted by molar-refractivity contribution is 14.1. The quantitative estimate of drug-likeness (QED) is 0.0924. The molecule has 676 valence electrons. The molecule has 6 unspecified atom stereocenters. The summed E-state index contributed by atoms with van der Waals surface area (Å²) in [4.78, 5) is 0. The molecule has 0 aromatic carbocycles. The highest BCUT2D eigenvalue weighted by atomic mass is 127. The number of hydrogen-bond donors (Lipinski definition) is 0. The van der Waals surface area contributed by atoms with Crippen molar-refractivity contribution in [1.29, 1.82) is 0 Å². The largest absolute Gasteiger partial charge is 0.435 e. The smallest absolute Gasteiger partial charge is 0.234 e. The maximum absolute atomic E-state index is 13.6. The second-order valence-electron chi connectivity index (χ2n) is 18.6. The van der Waals surface area contributed by atoms with Gasteiger partial charge in [-0.05, 0) is 149 Å². The second-order valence-corrected chi connectivity index (χ2v) is 28.6. The van der Waals surface area contributed by atoms with Crippen molar-refractivity contribution in [3.63, 3.8) is 0 Å². The van der Waals surface area contributed by atoms with Crippen LogP contribution in [0, 0.1) is 0 Å². The summed E-state index contributed by atoms with van der Waals surface area (Å²) >= 11 is 11.5. The van der Waals surface area contributed by atoms with Crippen molar-refractivity contribution in [2.75, 3.05) is 22.1 Å². The number of allylic oxidation sites excluding steroid dienone is 5. The summed E-state index contributed by atoms with van der Waals surface area (Å²) in [6.07, 6.45) is -59.5. The third kappa shape index (κ3) is 71.8. The molecule has 0 aliphatic heterocycles. The topological polar surface area (TPSA) is 0 Å². The molecule has 0 saturated heterocycles. The molecule has 109 heavy (non-hydrogen) atoms. The number of unbranched alkanes of at least 4 members (excludes halogenated alkanes) is 2. The van der Waals surface area contributed by atoms with Gasteiger partial charge < -0.3 is 0 Å². The lowest BCUT2D eigenvalue weighted by molar-refractivity contribution is -0.352. The molecule has 0 aromatic rings. The van der Waals surface area contributed by atoms with Gasteiger partial charge in [0.05, 0.1) is 12.7 Å². The Hall–Kier alpha value is 0.00000000000000488. The molecule has 0 radical (unpaired) electrons. The van der Waals surface area contributed by atoms with E-state index in [9.17, 15) is 206 Å². The SMILES string of the molecule is C=C(F)F.C=C(F)F.C=CF.CC(F)(/C(F)=C/C(F)(C(F)(F)F)C(F)(F)F)C(F)(F)F.CC(F)(C(F)(F)F)C(F)(I)CC(F)(C(F)(F)F)C(F)(F)F.CC(F)(C(F)=C(F)F)C(F)(F)F.CC(F)(CCI)C(F)(F)F.CC(F)(I)C(F)(F)F.CC/C=C\F.CCC=C(F)F.CCCCI.CCCCI.CCI.CCI.[2HH].[2HH].[2HH].[2HH]. The number of halogens is 54. The third-order valence-corrected chi connectivity index (χ3v) is 13.2. The Labute approximate surface area is 697 Å². The Morgan fingerprint density at radius 2 is 0.661 bits per heavy atom. The van der Waals surface area contributed by atoms with E-state index < -0.39 is 166 Å². The molecule has 0 heterocycles. The molecule has 0 spiro atoms. The maximum Gasteiger partial charge on any atom is 0.435 e. The van der Waals surface area contributed by atoms with Crippen LogP contribution in [0.2, 0.25) is 0 Å². The first kappa shape index (κ1) is 141. The average molecular weight is 2520 g/mol. The van der Waals surface area contributed by atoms with Crippen LogP contribution in [-0.4, -0.2) is 119 Å². The Balaban J connectivity index is -0.0000000565. The van der Waals surface area contributed by atoms with Crippen molar-refractivity contribution in [1.82, 2.24) is 0 Å². The van der Waals surface area contributed by atoms with Gasteiger partial charge in [0.25, 0.3) is 33.3 Å². The minimum atomic E-state index is -6.83. The zero-order valence-corrected chi connectivity index (χ0v) is 72.2. The van der Waals surface area contributed by atoms with E-state index in [4.69, 9.17) is 0 Å². The lowest BCUT2D eigenvalue weighted by Crippen LogP contribution is -2.61. The van der Waals surface area contributed by atoms with Gasteiger partial charge in [0.15, 0.2) is 0 Å². The molecule has 0 aliphatic rings. The van der Waals surface area contributed by atoms with Crippen LogP contribution < -0.4 is 0 Å². The fraction of sp³-hybridized carbons (Fsp3) is 0.745. The number of alkyl halides is 42. The number of rotatable bonds is 14. The summed E-state index contributed by atoms with van der Waals surface area (Å²) in [5, 5.41) is 0. The van der Waals surface area contributed by atoms with Gasteiger partial charge in [-0.2, -0.15) is 154 Å². The van der Waals surface area contributed by atoms with E-state index in [0.29, 0.717) is 49.2 Å². The van der Waals surface area contributed by atoms with Gasteiger partial charge in [-0.25, -0.2) is 52.7 Å². The average Bonchev–Trinajstić information content (AvgIpc) is 0.744. The van der Waals surface area contributed by atoms with Crippen LogP contribution in [0.4, 0.5) is 206 Å². The molecule has 0 fully saturated rings. The maximum atomic E-state index is 13.6. The van der Waals surface area contributed by atoms with Crippen LogP contribution >= 0.6 is 158 Å². The summed E-state index contributed by atoms with van der Waals surface area (Å²) in [6, 6.07) is 0. The molecule has 0 rings (SSSR count). The van der Waals surface area contributed by atoms with Crippen molar-refractivity contribution in [2.45, 2.75) is 224 Å². The Bertz CT molecular complexity index is 2310. The van der Waals surface area contributed by atoms with Gasteiger partial charge >= 0.3 is 73.0 Å². The summed E-state index contributed by atoms with van der Waals surface area (Å²) in [6.45, 7) is 18.7. The molecule has 0 aliphatic carbocycles. The molecule has 0 bridgehead atoms. The van der Waals surface area contributed by atoms with Crippen LogP contribution in [-0.2, 0) is 0 Å². The Morgan fingerprint density at radius 3 is 0.752 bits per heavy atom. The predicted octanol–water partition coefficient (Wildman–Crippen LogP) is 35.9. The van der Waals surface area contributed by atoms with Gasteiger partial charge in [-0.15, -0.1) is 0 Å². The van der Waals surface area contributed by atoms with E-state index in [1.807, 2.05) is 6.92 Å². The van der Waals surface area contributed by atoms with Crippen molar-refractivity contribution >= 4 is 158 Å². The molecular formula is C55H78F47I7. The third-order valence-electron chi connectivity index (χ3n) is 9.14. The highest BCUT2D eigenvalue weighted by Gasteiger charge is 2.78. The summed E-state index contributed by atoms with van der Waals surface area (Å²) in [7, 11) is 0. The molecule has 0 N–H and O–H groups in total. The molecule has 0 aromatic heterocycles. The molecule has 0 saturated carbocycles. The van der Waals surface area contributed by atoms with Crippen LogP contribution in [0.15, 0.2) is 86.6 Å². The van der Waals surface area contributed by atoms with Crippen molar-refractivity contribution in [2.24, 2.45) is 0 Å². The van der Waals surface area contributed by atoms with E-state index >= 15 is 0 Å². The van der Waals surface area contributed by atoms with E-state index in [1.54, 1.807) is 29.5 Å². The Morgan fingerprint density at radius 1 is 0.394 bits per heavy atom. The van der Waals surface area contributed by atoms with Crippen LogP contribution in [0.5, 0.6) is 0 Å². The lowest BCUT2D eigenvalue weighted by atomic mass is 9.89. The number of hydrogen-bond acceptors (Lipinski definition) is 0. The van der Waals surface area contributed by atoms with Crippen LogP contribution in [0.1, 0.15) is 133 Å². The molecule has 6 atom stereocenters. The molecule has 0 nitrogen and oxygen atoms in total. The fourth-order valence-corrected chi connectivity index (χ4v) is 6.31. The minimum absolute atomic E-state index is 0. The van der Waals surface area contributed by atoms with Crippen LogP contribution in [0.3, 0.4) is 0 Å². The van der Waals surface area contributed by atoms with Gasteiger partial charge in [0.2, 0.25) is 20.8 Å². The molecule has 0 amide bonds. The van der Waals surface area contributed by atoms with Crippen LogP contribution in [0.25, 0.3) is 0 Å². The normalized spacial score (nSPS) is 15.1. The minimum Gasteiger partial charge on any atom is -0.234 e. The van der Waals surface area contributed by atoms with E-state index in [2.05, 4.69) is 138 Å². The predicted molar refractivity (Wildman–Crippen MR) is 390 cm³/mol. The van der Waals surface area contributed by atoms with Crippen molar-refractivity contribution in [3.8, 4) is 0 Å². The fourth-order valence-electron chi connectivity index (χ4n) is 2.94. The van der Waals surface area contributed by atoms with E-state index in [0.717, 1.165) is 12.5 Å². The summed E-state index contributed by atoms with van der Waals surface area (Å²) in [5.41, 5.74) is -30.8. The first-order valence-electron chi connectivity index (χ1n) is 27.3. The van der Waals surface area contributed by atoms with E-state index in [1.165, 1.54) is 49.5 Å². The van der Waals surface area contributed by atoms with Gasteiger partial charge in [0.1, 0.15) is 5.83 Å². The first-order valence-corrected chi connectivity index (χ1v) is 37.1. The van der Waals surface area contributed by atoms with Gasteiger partial charge in [-0.1, -0.05) is 180 Å². The van der Waals surface area contributed by atoms with Gasteiger partial charge in [0, 0.05) is 22.6 Å². The standard InChI is InChI=1S/C8H5F12I.C8H4F12.C5H3F7.C5H7F4I.C4H6F2.C4H7F.2C4H9I.C3H3F4I.2C2H2F2.C2H3F.2C2H5I.4H2/c1-3(9,6(12,13)14)5(11,21)2-4(10,7(15,16)17)8(18,19)20;1-4(10,6(12,13)14)3(9)2-5(11,7(15,16)17)8(18,19)20;1-4(9,5(10,11)12)2(6)3(7)8;1-4(6,2-3-10)5(7,8)9;1-2-3-4(5)6;3*1-2-3-4-5;1-2(4,8)3(5,6)7;2*1-2(3)4;3*1-2-3;;;;/h2H2,1H3;2H,1H3;1H3;2-3H2,1H3;3H,2H2,1H3;3-4H,2H2,1H3;2*2-4H2,1H3;1H3;2*1H2;2H,1H2;2*2H2,1H3;4*1H/b;3-2-;;;;4-3-;;;;;;;;;;;;/i;;;;;;;;;;;;;;4*1+1. The summed E-state index contributed by atoms with van der Waals surface area (Å²) < 4.78 is 549.